The zero-order chi connectivity index (χ0) is 17.8. The number of benzene rings is 1. The molecule has 6 nitrogen and oxygen atoms in total. The molecule has 0 bridgehead atoms. The van der Waals surface area contributed by atoms with Crippen LogP contribution in [0.5, 0.6) is 5.75 Å². The van der Waals surface area contributed by atoms with Crippen molar-refractivity contribution in [3.63, 3.8) is 0 Å². The summed E-state index contributed by atoms with van der Waals surface area (Å²) < 4.78 is 13.3. The Balaban J connectivity index is 1.50. The number of hydrogen-bond acceptors (Lipinski definition) is 4. The number of carbonyl (C=O) groups is 1. The van der Waals surface area contributed by atoms with Crippen molar-refractivity contribution >= 4 is 6.03 Å². The fourth-order valence-corrected chi connectivity index (χ4v) is 2.96. The maximum Gasteiger partial charge on any atom is 0.317 e. The van der Waals surface area contributed by atoms with Gasteiger partial charge in [-0.2, -0.15) is 0 Å². The molecule has 25 heavy (non-hydrogen) atoms. The maximum absolute atomic E-state index is 13.3. The number of nitrogens with zero attached hydrogens (tertiary/aromatic N) is 3. The monoisotopic (exact) mass is 344 g/mol. The smallest absolute Gasteiger partial charge is 0.317 e. The van der Waals surface area contributed by atoms with Crippen molar-refractivity contribution in [2.75, 3.05) is 13.1 Å². The zero-order valence-electron chi connectivity index (χ0n) is 14.1. The van der Waals surface area contributed by atoms with E-state index in [0.717, 1.165) is 24.4 Å². The number of aromatic hydroxyl groups is 1. The third-order valence-corrected chi connectivity index (χ3v) is 4.42. The van der Waals surface area contributed by atoms with Crippen molar-refractivity contribution in [1.29, 1.82) is 0 Å². The van der Waals surface area contributed by atoms with E-state index in [1.54, 1.807) is 17.2 Å². The Morgan fingerprint density at radius 2 is 2.12 bits per heavy atom. The minimum atomic E-state index is -0.689. The molecule has 0 spiro atoms. The predicted molar refractivity (Wildman–Crippen MR) is 90.6 cm³/mol. The predicted octanol–water partition coefficient (Wildman–Crippen LogP) is 2.72. The molecule has 1 aromatic heterocycles. The Kier molecular flexibility index (Phi) is 5.11. The summed E-state index contributed by atoms with van der Waals surface area (Å²) in [4.78, 5) is 22.8. The number of amides is 2. The van der Waals surface area contributed by atoms with Crippen molar-refractivity contribution in [3.8, 4) is 5.75 Å². The first-order chi connectivity index (χ1) is 12.0. The normalized spacial score (nSPS) is 15.2. The Morgan fingerprint density at radius 1 is 1.36 bits per heavy atom. The summed E-state index contributed by atoms with van der Waals surface area (Å²) in [6.45, 7) is 3.44. The molecule has 2 heterocycles. The number of rotatable bonds is 3. The molecule has 0 unspecified atom stereocenters. The van der Waals surface area contributed by atoms with E-state index in [-0.39, 0.29) is 18.5 Å². The van der Waals surface area contributed by atoms with Crippen molar-refractivity contribution < 1.29 is 14.3 Å². The summed E-state index contributed by atoms with van der Waals surface area (Å²) in [6, 6.07) is 5.79. The van der Waals surface area contributed by atoms with Gasteiger partial charge in [-0.3, -0.25) is 0 Å². The van der Waals surface area contributed by atoms with E-state index < -0.39 is 11.6 Å². The van der Waals surface area contributed by atoms with E-state index >= 15 is 0 Å². The Hall–Kier alpha value is -2.70. The van der Waals surface area contributed by atoms with Gasteiger partial charge in [0.05, 0.1) is 0 Å². The summed E-state index contributed by atoms with van der Waals surface area (Å²) in [5.74, 6) is 0.0380. The second-order valence-electron chi connectivity index (χ2n) is 6.26. The van der Waals surface area contributed by atoms with Crippen LogP contribution in [-0.4, -0.2) is 39.1 Å². The molecule has 1 fully saturated rings. The second-order valence-corrected chi connectivity index (χ2v) is 6.26. The molecular weight excluding hydrogens is 323 g/mol. The van der Waals surface area contributed by atoms with Crippen molar-refractivity contribution in [2.24, 2.45) is 0 Å². The quantitative estimate of drug-likeness (QED) is 0.897. The third kappa shape index (κ3) is 4.23. The van der Waals surface area contributed by atoms with Crippen LogP contribution in [0, 0.1) is 12.7 Å². The summed E-state index contributed by atoms with van der Waals surface area (Å²) in [7, 11) is 0. The van der Waals surface area contributed by atoms with Crippen LogP contribution in [0.2, 0.25) is 0 Å². The van der Waals surface area contributed by atoms with Gasteiger partial charge in [-0.1, -0.05) is 6.07 Å². The van der Waals surface area contributed by atoms with E-state index in [1.807, 2.05) is 13.0 Å². The molecule has 0 radical (unpaired) electrons. The first kappa shape index (κ1) is 17.1. The van der Waals surface area contributed by atoms with Crippen LogP contribution in [0.15, 0.2) is 30.5 Å². The molecule has 0 atom stereocenters. The highest BCUT2D eigenvalue weighted by molar-refractivity contribution is 5.74. The number of halogens is 1. The molecule has 2 amide bonds. The topological polar surface area (TPSA) is 78.4 Å². The summed E-state index contributed by atoms with van der Waals surface area (Å²) in [5, 5.41) is 12.0. The third-order valence-electron chi connectivity index (χ3n) is 4.42. The van der Waals surface area contributed by atoms with Crippen LogP contribution in [0.4, 0.5) is 9.18 Å². The molecule has 0 saturated carbocycles. The average Bonchev–Trinajstić information content (AvgIpc) is 2.62. The SMILES string of the molecule is Cc1ccnc(C2CCN(C(=O)NCc3ccc(O)c(F)c3)CC2)n1. The maximum atomic E-state index is 13.3. The van der Waals surface area contributed by atoms with Gasteiger partial charge in [0, 0.05) is 37.4 Å². The van der Waals surface area contributed by atoms with Crippen LogP contribution in [0.3, 0.4) is 0 Å². The molecule has 1 aromatic carbocycles. The zero-order valence-corrected chi connectivity index (χ0v) is 14.1. The molecule has 1 aliphatic heterocycles. The molecular formula is C18H21FN4O2. The lowest BCUT2D eigenvalue weighted by Crippen LogP contribution is -2.44. The van der Waals surface area contributed by atoms with E-state index in [0.29, 0.717) is 18.7 Å². The Labute approximate surface area is 145 Å². The number of piperidine rings is 1. The minimum Gasteiger partial charge on any atom is -0.505 e. The molecule has 2 aromatic rings. The van der Waals surface area contributed by atoms with Crippen molar-refractivity contribution in [2.45, 2.75) is 32.2 Å². The number of phenolic OH excluding ortho intramolecular Hbond substituents is 1. The standard InChI is InChI=1S/C18H21FN4O2/c1-12-4-7-20-17(22-12)14-5-8-23(9-6-14)18(25)21-11-13-2-3-16(24)15(19)10-13/h2-4,7,10,14,24H,5-6,8-9,11H2,1H3,(H,21,25). The highest BCUT2D eigenvalue weighted by Gasteiger charge is 2.25. The van der Waals surface area contributed by atoms with Gasteiger partial charge >= 0.3 is 6.03 Å². The lowest BCUT2D eigenvalue weighted by Gasteiger charge is -2.31. The van der Waals surface area contributed by atoms with Crippen molar-refractivity contribution in [3.05, 3.63) is 53.4 Å². The van der Waals surface area contributed by atoms with Gasteiger partial charge in [0.1, 0.15) is 5.82 Å². The number of phenols is 1. The first-order valence-electron chi connectivity index (χ1n) is 8.32. The fraction of sp³-hybridized carbons (Fsp3) is 0.389. The van der Waals surface area contributed by atoms with E-state index in [4.69, 9.17) is 0 Å². The number of hydrogen-bond donors (Lipinski definition) is 2. The van der Waals surface area contributed by atoms with Crippen LogP contribution in [-0.2, 0) is 6.54 Å². The van der Waals surface area contributed by atoms with E-state index in [1.165, 1.54) is 12.1 Å². The Morgan fingerprint density at radius 3 is 2.80 bits per heavy atom. The molecule has 1 aliphatic rings. The molecule has 2 N–H and O–H groups in total. The number of carbonyl (C=O) groups excluding carboxylic acids is 1. The van der Waals surface area contributed by atoms with Gasteiger partial charge in [-0.25, -0.2) is 19.2 Å². The minimum absolute atomic E-state index is 0.169. The van der Waals surface area contributed by atoms with Crippen LogP contribution >= 0.6 is 0 Å². The lowest BCUT2D eigenvalue weighted by atomic mass is 9.96. The molecule has 7 heteroatoms. The largest absolute Gasteiger partial charge is 0.505 e. The van der Waals surface area contributed by atoms with Crippen LogP contribution in [0.1, 0.15) is 35.8 Å². The van der Waals surface area contributed by atoms with Gasteiger partial charge in [0.25, 0.3) is 0 Å². The summed E-state index contributed by atoms with van der Waals surface area (Å²) in [6.07, 6.45) is 3.42. The molecule has 3 rings (SSSR count). The number of nitrogens with one attached hydrogen (secondary N) is 1. The number of likely N-dealkylation sites (tertiary alicyclic amines) is 1. The lowest BCUT2D eigenvalue weighted by molar-refractivity contribution is 0.180. The van der Waals surface area contributed by atoms with Crippen LogP contribution in [0.25, 0.3) is 0 Å². The number of urea groups is 1. The molecule has 0 aliphatic carbocycles. The van der Waals surface area contributed by atoms with Crippen LogP contribution < -0.4 is 5.32 Å². The first-order valence-corrected chi connectivity index (χ1v) is 8.32. The van der Waals surface area contributed by atoms with E-state index in [9.17, 15) is 14.3 Å². The summed E-state index contributed by atoms with van der Waals surface area (Å²) >= 11 is 0. The van der Waals surface area contributed by atoms with Gasteiger partial charge in [-0.05, 0) is 43.5 Å². The number of aryl methyl sites for hydroxylation is 1. The van der Waals surface area contributed by atoms with Gasteiger partial charge in [-0.15, -0.1) is 0 Å². The van der Waals surface area contributed by atoms with Gasteiger partial charge in [0.15, 0.2) is 11.6 Å². The molecule has 132 valence electrons. The highest BCUT2D eigenvalue weighted by atomic mass is 19.1. The molecule has 1 saturated heterocycles. The summed E-state index contributed by atoms with van der Waals surface area (Å²) in [5.41, 5.74) is 1.55. The van der Waals surface area contributed by atoms with Crippen molar-refractivity contribution in [1.82, 2.24) is 20.2 Å². The number of aromatic nitrogens is 2. The van der Waals surface area contributed by atoms with E-state index in [2.05, 4.69) is 15.3 Å². The van der Waals surface area contributed by atoms with Gasteiger partial charge < -0.3 is 15.3 Å². The van der Waals surface area contributed by atoms with Gasteiger partial charge in [0.2, 0.25) is 0 Å². The second kappa shape index (κ2) is 7.46. The average molecular weight is 344 g/mol. The highest BCUT2D eigenvalue weighted by Crippen LogP contribution is 2.25. The fourth-order valence-electron chi connectivity index (χ4n) is 2.96. The Bertz CT molecular complexity index is 760.